The Morgan fingerprint density at radius 1 is 1.16 bits per heavy atom. The second-order valence-corrected chi connectivity index (χ2v) is 8.59. The zero-order valence-corrected chi connectivity index (χ0v) is 18.6. The number of hydrogen-bond acceptors (Lipinski definition) is 5. The normalized spacial score (nSPS) is 12.8. The van der Waals surface area contributed by atoms with Crippen LogP contribution < -0.4 is 10.2 Å². The van der Waals surface area contributed by atoms with E-state index < -0.39 is 0 Å². The molecule has 5 rings (SSSR count). The van der Waals surface area contributed by atoms with E-state index in [1.54, 1.807) is 11.8 Å². The van der Waals surface area contributed by atoms with Gasteiger partial charge in [0.1, 0.15) is 4.83 Å². The lowest BCUT2D eigenvalue weighted by molar-refractivity contribution is 0.103. The summed E-state index contributed by atoms with van der Waals surface area (Å²) >= 11 is 1.42. The summed E-state index contributed by atoms with van der Waals surface area (Å²) in [5.74, 6) is -0.162. The molecule has 1 N–H and O–H groups in total. The quantitative estimate of drug-likeness (QED) is 0.469. The van der Waals surface area contributed by atoms with Crippen LogP contribution in [0.2, 0.25) is 0 Å². The zero-order chi connectivity index (χ0) is 22.2. The Morgan fingerprint density at radius 3 is 2.75 bits per heavy atom. The third-order valence-electron chi connectivity index (χ3n) is 5.49. The van der Waals surface area contributed by atoms with Gasteiger partial charge in [-0.2, -0.15) is 5.10 Å². The molecule has 32 heavy (non-hydrogen) atoms. The number of fused-ring (bicyclic) bond motifs is 2. The third kappa shape index (κ3) is 3.52. The molecule has 2 amide bonds. The van der Waals surface area contributed by atoms with E-state index in [0.717, 1.165) is 39.3 Å². The second-order valence-electron chi connectivity index (χ2n) is 7.56. The number of aromatic nitrogens is 2. The summed E-state index contributed by atoms with van der Waals surface area (Å²) in [5.41, 5.74) is 4.41. The van der Waals surface area contributed by atoms with Gasteiger partial charge in [-0.1, -0.05) is 18.2 Å². The zero-order valence-electron chi connectivity index (χ0n) is 17.8. The molecule has 0 bridgehead atoms. The van der Waals surface area contributed by atoms with Crippen molar-refractivity contribution in [2.75, 3.05) is 23.4 Å². The number of rotatable bonds is 4. The number of ether oxygens (including phenoxy) is 1. The molecule has 0 unspecified atom stereocenters. The summed E-state index contributed by atoms with van der Waals surface area (Å²) in [6.07, 6.45) is 0.392. The highest BCUT2D eigenvalue weighted by atomic mass is 32.1. The number of carbonyl (C=O) groups is 2. The van der Waals surface area contributed by atoms with Crippen LogP contribution in [0.5, 0.6) is 0 Å². The van der Waals surface area contributed by atoms with Crippen LogP contribution in [-0.2, 0) is 11.2 Å². The molecule has 7 nitrogen and oxygen atoms in total. The van der Waals surface area contributed by atoms with Crippen LogP contribution in [0.25, 0.3) is 15.9 Å². The van der Waals surface area contributed by atoms with Gasteiger partial charge in [0.05, 0.1) is 28.6 Å². The minimum absolute atomic E-state index is 0.162. The molecule has 0 atom stereocenters. The molecule has 162 valence electrons. The molecule has 2 aromatic carbocycles. The summed E-state index contributed by atoms with van der Waals surface area (Å²) in [6.45, 7) is 4.67. The fourth-order valence-corrected chi connectivity index (χ4v) is 5.04. The smallest absolute Gasteiger partial charge is 0.414 e. The van der Waals surface area contributed by atoms with E-state index in [4.69, 9.17) is 4.74 Å². The maximum Gasteiger partial charge on any atom is 0.414 e. The molecule has 3 heterocycles. The van der Waals surface area contributed by atoms with Crippen molar-refractivity contribution >= 4 is 44.9 Å². The first-order valence-corrected chi connectivity index (χ1v) is 11.3. The van der Waals surface area contributed by atoms with Gasteiger partial charge in [0.15, 0.2) is 0 Å². The number of anilines is 2. The van der Waals surface area contributed by atoms with Crippen molar-refractivity contribution in [1.82, 2.24) is 9.78 Å². The van der Waals surface area contributed by atoms with E-state index in [2.05, 4.69) is 10.4 Å². The average Bonchev–Trinajstić information content (AvgIpc) is 3.49. The molecule has 4 aromatic rings. The van der Waals surface area contributed by atoms with E-state index in [9.17, 15) is 9.59 Å². The first kappa shape index (κ1) is 20.3. The topological polar surface area (TPSA) is 76.5 Å². The predicted octanol–water partition coefficient (Wildman–Crippen LogP) is 5.17. The number of para-hydroxylation sites is 1. The van der Waals surface area contributed by atoms with Gasteiger partial charge in [0, 0.05) is 17.6 Å². The molecule has 1 aliphatic rings. The maximum atomic E-state index is 13.0. The maximum absolute atomic E-state index is 13.0. The first-order chi connectivity index (χ1) is 15.5. The number of amides is 2. The minimum Gasteiger partial charge on any atom is -0.449 e. The SMILES string of the molecule is CCOC(=O)N1CCc2cc(NC(=O)c3cc4c(C)nn(-c5ccccc5)c4s3)ccc21. The minimum atomic E-state index is -0.337. The molecule has 0 spiro atoms. The summed E-state index contributed by atoms with van der Waals surface area (Å²) in [5, 5.41) is 8.60. The van der Waals surface area contributed by atoms with Crippen LogP contribution in [0.1, 0.15) is 27.9 Å². The molecule has 0 aliphatic carbocycles. The number of benzene rings is 2. The number of nitrogens with one attached hydrogen (secondary N) is 1. The van der Waals surface area contributed by atoms with Gasteiger partial charge >= 0.3 is 6.09 Å². The van der Waals surface area contributed by atoms with Crippen molar-refractivity contribution in [3.63, 3.8) is 0 Å². The van der Waals surface area contributed by atoms with Crippen molar-refractivity contribution in [3.05, 3.63) is 70.7 Å². The fraction of sp³-hybridized carbons (Fsp3) is 0.208. The van der Waals surface area contributed by atoms with Gasteiger partial charge in [-0.25, -0.2) is 9.48 Å². The average molecular weight is 447 g/mol. The van der Waals surface area contributed by atoms with Crippen molar-refractivity contribution in [3.8, 4) is 5.69 Å². The third-order valence-corrected chi connectivity index (χ3v) is 6.60. The van der Waals surface area contributed by atoms with Gasteiger partial charge in [-0.15, -0.1) is 11.3 Å². The van der Waals surface area contributed by atoms with E-state index >= 15 is 0 Å². The van der Waals surface area contributed by atoms with Crippen LogP contribution in [0, 0.1) is 6.92 Å². The summed E-state index contributed by atoms with van der Waals surface area (Å²) in [6, 6.07) is 17.4. The molecule has 0 radical (unpaired) electrons. The Bertz CT molecular complexity index is 1330. The molecule has 0 fully saturated rings. The number of carbonyl (C=O) groups excluding carboxylic acids is 2. The molecule has 0 saturated carbocycles. The van der Waals surface area contributed by atoms with Gasteiger partial charge in [-0.3, -0.25) is 9.69 Å². The fourth-order valence-electron chi connectivity index (χ4n) is 3.97. The lowest BCUT2D eigenvalue weighted by Crippen LogP contribution is -2.29. The summed E-state index contributed by atoms with van der Waals surface area (Å²) in [4.78, 5) is 28.3. The van der Waals surface area contributed by atoms with Gasteiger partial charge in [0.25, 0.3) is 5.91 Å². The van der Waals surface area contributed by atoms with Crippen LogP contribution >= 0.6 is 11.3 Å². The molecule has 0 saturated heterocycles. The van der Waals surface area contributed by atoms with E-state index in [-0.39, 0.29) is 12.0 Å². The summed E-state index contributed by atoms with van der Waals surface area (Å²) < 4.78 is 7.00. The number of hydrogen-bond donors (Lipinski definition) is 1. The number of aryl methyl sites for hydroxylation is 1. The number of thiophene rings is 1. The Morgan fingerprint density at radius 2 is 1.97 bits per heavy atom. The highest BCUT2D eigenvalue weighted by Gasteiger charge is 2.26. The molecule has 2 aromatic heterocycles. The van der Waals surface area contributed by atoms with Crippen LogP contribution in [0.3, 0.4) is 0 Å². The lowest BCUT2D eigenvalue weighted by atomic mass is 10.1. The largest absolute Gasteiger partial charge is 0.449 e. The van der Waals surface area contributed by atoms with Gasteiger partial charge < -0.3 is 10.1 Å². The first-order valence-electron chi connectivity index (χ1n) is 10.5. The van der Waals surface area contributed by atoms with Crippen molar-refractivity contribution in [2.24, 2.45) is 0 Å². The van der Waals surface area contributed by atoms with Gasteiger partial charge in [-0.05, 0) is 62.2 Å². The van der Waals surface area contributed by atoms with Crippen LogP contribution in [0.4, 0.5) is 16.2 Å². The monoisotopic (exact) mass is 446 g/mol. The molecular weight excluding hydrogens is 424 g/mol. The second kappa shape index (κ2) is 8.12. The lowest BCUT2D eigenvalue weighted by Gasteiger charge is -2.16. The molecule has 8 heteroatoms. The highest BCUT2D eigenvalue weighted by Crippen LogP contribution is 2.33. The Hall–Kier alpha value is -3.65. The van der Waals surface area contributed by atoms with Crippen molar-refractivity contribution < 1.29 is 14.3 Å². The van der Waals surface area contributed by atoms with E-state index in [0.29, 0.717) is 23.7 Å². The summed E-state index contributed by atoms with van der Waals surface area (Å²) in [7, 11) is 0. The van der Waals surface area contributed by atoms with Crippen LogP contribution in [0.15, 0.2) is 54.6 Å². The highest BCUT2D eigenvalue weighted by molar-refractivity contribution is 7.20. The van der Waals surface area contributed by atoms with Crippen LogP contribution in [-0.4, -0.2) is 34.9 Å². The predicted molar refractivity (Wildman–Crippen MR) is 126 cm³/mol. The van der Waals surface area contributed by atoms with E-state index in [1.165, 1.54) is 11.3 Å². The Balaban J connectivity index is 1.38. The molecular formula is C24H22N4O3S. The molecule has 1 aliphatic heterocycles. The van der Waals surface area contributed by atoms with E-state index in [1.807, 2.05) is 66.2 Å². The number of nitrogens with zero attached hydrogens (tertiary/aromatic N) is 3. The Kier molecular flexibility index (Phi) is 5.14. The standard InChI is InChI=1S/C24H22N4O3S/c1-3-31-24(30)27-12-11-16-13-17(9-10-20(16)27)25-22(29)21-14-19-15(2)26-28(23(19)32-21)18-7-5-4-6-8-18/h4-10,13-14H,3,11-12H2,1-2H3,(H,25,29). The van der Waals surface area contributed by atoms with Crippen molar-refractivity contribution in [2.45, 2.75) is 20.3 Å². The van der Waals surface area contributed by atoms with Gasteiger partial charge in [0.2, 0.25) is 0 Å². The Labute approximate surface area is 189 Å². The van der Waals surface area contributed by atoms with Crippen molar-refractivity contribution in [1.29, 1.82) is 0 Å².